The largest absolute Gasteiger partial charge is 0.481 e. The second-order valence-electron chi connectivity index (χ2n) is 6.15. The van der Waals surface area contributed by atoms with Crippen LogP contribution < -0.4 is 10.5 Å². The van der Waals surface area contributed by atoms with Crippen LogP contribution in [0.2, 0.25) is 0 Å². The van der Waals surface area contributed by atoms with Gasteiger partial charge in [-0.25, -0.2) is 4.98 Å². The van der Waals surface area contributed by atoms with Crippen molar-refractivity contribution in [1.82, 2.24) is 9.55 Å². The Morgan fingerprint density at radius 1 is 1.52 bits per heavy atom. The molecule has 6 heteroatoms. The summed E-state index contributed by atoms with van der Waals surface area (Å²) in [6.45, 7) is 6.16. The Morgan fingerprint density at radius 2 is 2.29 bits per heavy atom. The topological polar surface area (TPSA) is 75.4 Å². The van der Waals surface area contributed by atoms with E-state index in [1.807, 2.05) is 4.90 Å². The lowest BCUT2D eigenvalue weighted by Crippen LogP contribution is -2.41. The first-order valence-corrected chi connectivity index (χ1v) is 7.49. The van der Waals surface area contributed by atoms with Crippen LogP contribution in [0.1, 0.15) is 33.1 Å². The number of aromatic nitrogens is 2. The first kappa shape index (κ1) is 15.5. The molecule has 0 amide bonds. The molecule has 2 rings (SSSR count). The van der Waals surface area contributed by atoms with Crippen molar-refractivity contribution in [3.05, 3.63) is 22.7 Å². The van der Waals surface area contributed by atoms with Crippen LogP contribution >= 0.6 is 0 Å². The van der Waals surface area contributed by atoms with E-state index in [9.17, 15) is 9.59 Å². The fourth-order valence-corrected chi connectivity index (χ4v) is 2.86. The fraction of sp³-hybridized carbons (Fsp3) is 0.667. The molecule has 1 unspecified atom stereocenters. The van der Waals surface area contributed by atoms with E-state index in [2.05, 4.69) is 18.8 Å². The molecule has 116 valence electrons. The number of hydrogen-bond donors (Lipinski definition) is 1. The molecule has 0 saturated carbocycles. The summed E-state index contributed by atoms with van der Waals surface area (Å²) in [5, 5.41) is 8.92. The van der Waals surface area contributed by atoms with Gasteiger partial charge in [0.15, 0.2) is 5.82 Å². The highest BCUT2D eigenvalue weighted by Crippen LogP contribution is 2.21. The van der Waals surface area contributed by atoms with Crippen LogP contribution in [0, 0.1) is 11.8 Å². The second-order valence-corrected chi connectivity index (χ2v) is 6.15. The standard InChI is InChI=1S/C15H23N3O3/c1-11(2)9-18-7-5-16-14(15(18)21)17-6-3-4-12(10-17)8-13(19)20/h5,7,11-12H,3-4,6,8-10H2,1-2H3,(H,19,20). The van der Waals surface area contributed by atoms with E-state index in [1.54, 1.807) is 17.0 Å². The molecule has 0 bridgehead atoms. The molecule has 1 aliphatic rings. The van der Waals surface area contributed by atoms with Gasteiger partial charge in [0.2, 0.25) is 0 Å². The maximum atomic E-state index is 12.5. The Bertz CT molecular complexity index is 553. The molecule has 0 spiro atoms. The highest BCUT2D eigenvalue weighted by molar-refractivity contribution is 5.67. The molecule has 0 aromatic carbocycles. The minimum atomic E-state index is -0.778. The number of hydrogen-bond acceptors (Lipinski definition) is 4. The summed E-state index contributed by atoms with van der Waals surface area (Å²) in [7, 11) is 0. The van der Waals surface area contributed by atoms with Gasteiger partial charge in [0.1, 0.15) is 0 Å². The Hall–Kier alpha value is -1.85. The molecule has 1 aliphatic heterocycles. The number of piperidine rings is 1. The number of rotatable bonds is 5. The molecule has 1 fully saturated rings. The zero-order valence-corrected chi connectivity index (χ0v) is 12.7. The Morgan fingerprint density at radius 3 is 2.95 bits per heavy atom. The molecule has 2 heterocycles. The van der Waals surface area contributed by atoms with Crippen molar-refractivity contribution >= 4 is 11.8 Å². The van der Waals surface area contributed by atoms with E-state index in [0.717, 1.165) is 19.4 Å². The number of nitrogens with zero attached hydrogens (tertiary/aromatic N) is 3. The zero-order chi connectivity index (χ0) is 15.4. The molecule has 0 aliphatic carbocycles. The van der Waals surface area contributed by atoms with Gasteiger partial charge in [-0.2, -0.15) is 0 Å². The molecule has 1 saturated heterocycles. The van der Waals surface area contributed by atoms with Crippen LogP contribution in [0.25, 0.3) is 0 Å². The summed E-state index contributed by atoms with van der Waals surface area (Å²) in [5.41, 5.74) is -0.0813. The van der Waals surface area contributed by atoms with Gasteiger partial charge in [0.05, 0.1) is 0 Å². The molecule has 0 radical (unpaired) electrons. The highest BCUT2D eigenvalue weighted by Gasteiger charge is 2.24. The maximum absolute atomic E-state index is 12.5. The second kappa shape index (κ2) is 6.74. The molecule has 1 atom stereocenters. The highest BCUT2D eigenvalue weighted by atomic mass is 16.4. The van der Waals surface area contributed by atoms with Crippen molar-refractivity contribution in [3.63, 3.8) is 0 Å². The molecular weight excluding hydrogens is 270 g/mol. The molecule has 21 heavy (non-hydrogen) atoms. The average molecular weight is 293 g/mol. The van der Waals surface area contributed by atoms with Crippen LogP contribution in [0.3, 0.4) is 0 Å². The van der Waals surface area contributed by atoms with E-state index < -0.39 is 5.97 Å². The number of carboxylic acid groups (broad SMARTS) is 1. The van der Waals surface area contributed by atoms with E-state index in [0.29, 0.717) is 24.8 Å². The molecule has 1 N–H and O–H groups in total. The fourth-order valence-electron chi connectivity index (χ4n) is 2.86. The third-order valence-electron chi connectivity index (χ3n) is 3.74. The van der Waals surface area contributed by atoms with E-state index in [-0.39, 0.29) is 17.9 Å². The zero-order valence-electron chi connectivity index (χ0n) is 12.7. The summed E-state index contributed by atoms with van der Waals surface area (Å²) in [4.78, 5) is 29.5. The number of carbonyl (C=O) groups is 1. The van der Waals surface area contributed by atoms with Gasteiger partial charge in [0.25, 0.3) is 5.56 Å². The number of aliphatic carboxylic acids is 1. The quantitative estimate of drug-likeness (QED) is 0.892. The van der Waals surface area contributed by atoms with E-state index >= 15 is 0 Å². The minimum Gasteiger partial charge on any atom is -0.481 e. The van der Waals surface area contributed by atoms with Crippen molar-refractivity contribution in [1.29, 1.82) is 0 Å². The first-order chi connectivity index (χ1) is 9.97. The normalized spacial score (nSPS) is 19.0. The van der Waals surface area contributed by atoms with Crippen molar-refractivity contribution in [2.45, 2.75) is 39.7 Å². The van der Waals surface area contributed by atoms with Crippen molar-refractivity contribution in [3.8, 4) is 0 Å². The molecule has 6 nitrogen and oxygen atoms in total. The van der Waals surface area contributed by atoms with E-state index in [1.165, 1.54) is 0 Å². The van der Waals surface area contributed by atoms with Crippen LogP contribution in [0.4, 0.5) is 5.82 Å². The Balaban J connectivity index is 2.17. The van der Waals surface area contributed by atoms with Crippen molar-refractivity contribution in [2.75, 3.05) is 18.0 Å². The van der Waals surface area contributed by atoms with Crippen LogP contribution in [-0.4, -0.2) is 33.7 Å². The van der Waals surface area contributed by atoms with E-state index in [4.69, 9.17) is 5.11 Å². The first-order valence-electron chi connectivity index (χ1n) is 7.49. The lowest BCUT2D eigenvalue weighted by atomic mass is 9.95. The van der Waals surface area contributed by atoms with Crippen LogP contribution in [0.5, 0.6) is 0 Å². The Labute approximate surface area is 124 Å². The van der Waals surface area contributed by atoms with Gasteiger partial charge in [0, 0.05) is 38.4 Å². The van der Waals surface area contributed by atoms with Crippen LogP contribution in [-0.2, 0) is 11.3 Å². The summed E-state index contributed by atoms with van der Waals surface area (Å²) in [5.74, 6) is 0.156. The Kier molecular flexibility index (Phi) is 4.98. The van der Waals surface area contributed by atoms with Gasteiger partial charge in [-0.1, -0.05) is 13.8 Å². The predicted octanol–water partition coefficient (Wildman–Crippen LogP) is 1.59. The van der Waals surface area contributed by atoms with Crippen molar-refractivity contribution < 1.29 is 9.90 Å². The lowest BCUT2D eigenvalue weighted by Gasteiger charge is -2.32. The van der Waals surface area contributed by atoms with Crippen molar-refractivity contribution in [2.24, 2.45) is 11.8 Å². The lowest BCUT2D eigenvalue weighted by molar-refractivity contribution is -0.138. The van der Waals surface area contributed by atoms with Gasteiger partial charge in [-0.05, 0) is 24.7 Å². The van der Waals surface area contributed by atoms with Gasteiger partial charge in [-0.15, -0.1) is 0 Å². The SMILES string of the molecule is CC(C)Cn1ccnc(N2CCCC(CC(=O)O)C2)c1=O. The third kappa shape index (κ3) is 4.06. The minimum absolute atomic E-state index is 0.0813. The van der Waals surface area contributed by atoms with Gasteiger partial charge < -0.3 is 14.6 Å². The number of anilines is 1. The summed E-state index contributed by atoms with van der Waals surface area (Å²) in [6.07, 6.45) is 5.32. The van der Waals surface area contributed by atoms with Gasteiger partial charge in [-0.3, -0.25) is 9.59 Å². The molecular formula is C15H23N3O3. The summed E-state index contributed by atoms with van der Waals surface area (Å²) < 4.78 is 1.69. The average Bonchev–Trinajstić information content (AvgIpc) is 2.40. The maximum Gasteiger partial charge on any atom is 0.303 e. The predicted molar refractivity (Wildman–Crippen MR) is 80.5 cm³/mol. The monoisotopic (exact) mass is 293 g/mol. The van der Waals surface area contributed by atoms with Crippen LogP contribution in [0.15, 0.2) is 17.2 Å². The van der Waals surface area contributed by atoms with Gasteiger partial charge >= 0.3 is 5.97 Å². The smallest absolute Gasteiger partial charge is 0.303 e. The molecule has 1 aromatic heterocycles. The third-order valence-corrected chi connectivity index (χ3v) is 3.74. The number of carboxylic acids is 1. The summed E-state index contributed by atoms with van der Waals surface area (Å²) >= 11 is 0. The molecule has 1 aromatic rings. The summed E-state index contributed by atoms with van der Waals surface area (Å²) in [6, 6.07) is 0.